The Morgan fingerprint density at radius 3 is 2.40 bits per heavy atom. The fourth-order valence-electron chi connectivity index (χ4n) is 2.24. The summed E-state index contributed by atoms with van der Waals surface area (Å²) in [6.45, 7) is 2.23. The van der Waals surface area contributed by atoms with Crippen LogP contribution in [0.15, 0.2) is 24.3 Å². The Kier molecular flexibility index (Phi) is 8.91. The van der Waals surface area contributed by atoms with Crippen LogP contribution in [0.2, 0.25) is 5.02 Å². The molecule has 0 aliphatic carbocycles. The van der Waals surface area contributed by atoms with Crippen LogP contribution in [0.1, 0.15) is 58.3 Å². The zero-order valence-electron chi connectivity index (χ0n) is 12.4. The van der Waals surface area contributed by atoms with Gasteiger partial charge in [-0.25, -0.2) is 0 Å². The molecule has 20 heavy (non-hydrogen) atoms. The monoisotopic (exact) mass is 292 g/mol. The topological polar surface area (TPSA) is 35.8 Å². The Bertz CT molecular complexity index is 412. The van der Waals surface area contributed by atoms with Crippen molar-refractivity contribution >= 4 is 17.3 Å². The zero-order valence-corrected chi connectivity index (χ0v) is 13.1. The van der Waals surface area contributed by atoms with Gasteiger partial charge in [0, 0.05) is 0 Å². The maximum Gasteiger partial charge on any atom is 0.114 e. The fourth-order valence-corrected chi connectivity index (χ4v) is 2.43. The van der Waals surface area contributed by atoms with Crippen LogP contribution in [0, 0.1) is 11.3 Å². The minimum absolute atomic E-state index is 0.148. The molecule has 2 nitrogen and oxygen atoms in total. The van der Waals surface area contributed by atoms with Gasteiger partial charge in [0.25, 0.3) is 0 Å². The molecule has 1 unspecified atom stereocenters. The number of nitrogens with one attached hydrogen (secondary N) is 1. The zero-order chi connectivity index (χ0) is 14.6. The maximum atomic E-state index is 9.20. The van der Waals surface area contributed by atoms with Gasteiger partial charge < -0.3 is 5.32 Å². The first-order chi connectivity index (χ1) is 9.77. The Morgan fingerprint density at radius 1 is 1.10 bits per heavy atom. The molecule has 3 heteroatoms. The number of halogens is 1. The van der Waals surface area contributed by atoms with Crippen molar-refractivity contribution < 1.29 is 0 Å². The predicted molar refractivity (Wildman–Crippen MR) is 87.1 cm³/mol. The molecule has 1 N–H and O–H groups in total. The van der Waals surface area contributed by atoms with Gasteiger partial charge >= 0.3 is 0 Å². The van der Waals surface area contributed by atoms with Crippen LogP contribution >= 0.6 is 11.6 Å². The molecule has 0 aliphatic heterocycles. The Balaban J connectivity index is 2.21. The van der Waals surface area contributed by atoms with Crippen molar-refractivity contribution in [3.05, 3.63) is 29.3 Å². The molecule has 0 bridgehead atoms. The van der Waals surface area contributed by atoms with E-state index >= 15 is 0 Å². The lowest BCUT2D eigenvalue weighted by Crippen LogP contribution is -2.17. The van der Waals surface area contributed by atoms with Crippen molar-refractivity contribution in [2.75, 3.05) is 5.32 Å². The van der Waals surface area contributed by atoms with Crippen molar-refractivity contribution in [3.63, 3.8) is 0 Å². The van der Waals surface area contributed by atoms with E-state index in [1.807, 2.05) is 24.3 Å². The minimum Gasteiger partial charge on any atom is -0.369 e. The molecule has 0 fully saturated rings. The first kappa shape index (κ1) is 16.9. The SMILES string of the molecule is CCCCCCCCCC(C#N)Nc1ccccc1Cl. The second-order valence-electron chi connectivity index (χ2n) is 5.22. The molecule has 1 atom stereocenters. The highest BCUT2D eigenvalue weighted by atomic mass is 35.5. The lowest BCUT2D eigenvalue weighted by molar-refractivity contribution is 0.569. The standard InChI is InChI=1S/C17H25ClN2/c1-2-3-4-5-6-7-8-11-15(14-19)20-17-13-10-9-12-16(17)18/h9-10,12-13,15,20H,2-8,11H2,1H3. The number of para-hydroxylation sites is 1. The predicted octanol–water partition coefficient (Wildman–Crippen LogP) is 5.78. The van der Waals surface area contributed by atoms with Crippen molar-refractivity contribution in [2.24, 2.45) is 0 Å². The smallest absolute Gasteiger partial charge is 0.114 e. The Hall–Kier alpha value is -1.20. The molecule has 1 rings (SSSR count). The number of nitrogens with zero attached hydrogens (tertiary/aromatic N) is 1. The highest BCUT2D eigenvalue weighted by Crippen LogP contribution is 2.22. The number of rotatable bonds is 10. The normalized spacial score (nSPS) is 11.8. The van der Waals surface area contributed by atoms with Gasteiger partial charge in [0.2, 0.25) is 0 Å². The molecule has 1 aromatic carbocycles. The summed E-state index contributed by atoms with van der Waals surface area (Å²) in [6, 6.07) is 9.75. The van der Waals surface area contributed by atoms with Crippen LogP contribution < -0.4 is 5.32 Å². The van der Waals surface area contributed by atoms with E-state index in [0.29, 0.717) is 5.02 Å². The molecule has 0 aromatic heterocycles. The van der Waals surface area contributed by atoms with E-state index < -0.39 is 0 Å². The summed E-state index contributed by atoms with van der Waals surface area (Å²) in [7, 11) is 0. The van der Waals surface area contributed by atoms with Crippen molar-refractivity contribution in [1.82, 2.24) is 0 Å². The number of anilines is 1. The van der Waals surface area contributed by atoms with E-state index in [1.54, 1.807) is 0 Å². The van der Waals surface area contributed by atoms with Crippen LogP contribution in [-0.2, 0) is 0 Å². The molecule has 0 amide bonds. The third-order valence-electron chi connectivity index (χ3n) is 3.46. The highest BCUT2D eigenvalue weighted by Gasteiger charge is 2.08. The minimum atomic E-state index is -0.148. The lowest BCUT2D eigenvalue weighted by Gasteiger charge is -2.13. The molecule has 0 aliphatic rings. The average Bonchev–Trinajstić information content (AvgIpc) is 2.47. The fraction of sp³-hybridized carbons (Fsp3) is 0.588. The number of hydrogen-bond acceptors (Lipinski definition) is 2. The number of hydrogen-bond donors (Lipinski definition) is 1. The molecule has 0 radical (unpaired) electrons. The van der Waals surface area contributed by atoms with E-state index in [2.05, 4.69) is 18.3 Å². The Labute approximate surface area is 128 Å². The van der Waals surface area contributed by atoms with Crippen LogP contribution in [-0.4, -0.2) is 6.04 Å². The van der Waals surface area contributed by atoms with Gasteiger partial charge in [0.1, 0.15) is 6.04 Å². The van der Waals surface area contributed by atoms with Gasteiger partial charge in [-0.3, -0.25) is 0 Å². The molecule has 0 heterocycles. The molecule has 110 valence electrons. The summed E-state index contributed by atoms with van der Waals surface area (Å²) in [5, 5.41) is 13.1. The maximum absolute atomic E-state index is 9.20. The van der Waals surface area contributed by atoms with Crippen molar-refractivity contribution in [1.29, 1.82) is 5.26 Å². The van der Waals surface area contributed by atoms with E-state index in [0.717, 1.165) is 18.5 Å². The first-order valence-electron chi connectivity index (χ1n) is 7.68. The van der Waals surface area contributed by atoms with Crippen LogP contribution in [0.3, 0.4) is 0 Å². The van der Waals surface area contributed by atoms with E-state index in [1.165, 1.54) is 38.5 Å². The van der Waals surface area contributed by atoms with Crippen molar-refractivity contribution in [3.8, 4) is 6.07 Å². The summed E-state index contributed by atoms with van der Waals surface area (Å²) < 4.78 is 0. The van der Waals surface area contributed by atoms with Crippen LogP contribution in [0.25, 0.3) is 0 Å². The summed E-state index contributed by atoms with van der Waals surface area (Å²) in [6.07, 6.45) is 9.78. The van der Waals surface area contributed by atoms with E-state index in [9.17, 15) is 5.26 Å². The molecular formula is C17H25ClN2. The highest BCUT2D eigenvalue weighted by molar-refractivity contribution is 6.33. The van der Waals surface area contributed by atoms with Gasteiger partial charge in [0.05, 0.1) is 16.8 Å². The summed E-state index contributed by atoms with van der Waals surface area (Å²) in [4.78, 5) is 0. The number of nitriles is 1. The third-order valence-corrected chi connectivity index (χ3v) is 3.79. The van der Waals surface area contributed by atoms with Gasteiger partial charge in [0.15, 0.2) is 0 Å². The second kappa shape index (κ2) is 10.6. The quantitative estimate of drug-likeness (QED) is 0.554. The molecule has 0 saturated carbocycles. The summed E-state index contributed by atoms with van der Waals surface area (Å²) in [5.74, 6) is 0. The van der Waals surface area contributed by atoms with Crippen LogP contribution in [0.5, 0.6) is 0 Å². The molecule has 0 spiro atoms. The first-order valence-corrected chi connectivity index (χ1v) is 8.06. The molecule has 0 saturated heterocycles. The second-order valence-corrected chi connectivity index (χ2v) is 5.62. The van der Waals surface area contributed by atoms with Gasteiger partial charge in [-0.1, -0.05) is 75.6 Å². The van der Waals surface area contributed by atoms with Gasteiger partial charge in [-0.15, -0.1) is 0 Å². The van der Waals surface area contributed by atoms with Gasteiger partial charge in [-0.2, -0.15) is 5.26 Å². The molecule has 1 aromatic rings. The van der Waals surface area contributed by atoms with Crippen molar-refractivity contribution in [2.45, 2.75) is 64.3 Å². The average molecular weight is 293 g/mol. The summed E-state index contributed by atoms with van der Waals surface area (Å²) >= 11 is 6.09. The third kappa shape index (κ3) is 6.82. The van der Waals surface area contributed by atoms with E-state index in [-0.39, 0.29) is 6.04 Å². The largest absolute Gasteiger partial charge is 0.369 e. The number of unbranched alkanes of at least 4 members (excludes halogenated alkanes) is 6. The van der Waals surface area contributed by atoms with E-state index in [4.69, 9.17) is 11.6 Å². The number of benzene rings is 1. The Morgan fingerprint density at radius 2 is 1.75 bits per heavy atom. The van der Waals surface area contributed by atoms with Crippen LogP contribution in [0.4, 0.5) is 5.69 Å². The summed E-state index contributed by atoms with van der Waals surface area (Å²) in [5.41, 5.74) is 0.851. The van der Waals surface area contributed by atoms with Gasteiger partial charge in [-0.05, 0) is 18.6 Å². The molecular weight excluding hydrogens is 268 g/mol. The lowest BCUT2D eigenvalue weighted by atomic mass is 10.1.